The number of nitrogens with two attached hydrogens (primary N) is 1. The van der Waals surface area contributed by atoms with Crippen LogP contribution in [0.2, 0.25) is 0 Å². The molecular formula is C25H38N6O2. The van der Waals surface area contributed by atoms with E-state index >= 15 is 0 Å². The molecule has 0 aromatic carbocycles. The van der Waals surface area contributed by atoms with Gasteiger partial charge in [0.2, 0.25) is 0 Å². The summed E-state index contributed by atoms with van der Waals surface area (Å²) in [5.41, 5.74) is 7.74. The van der Waals surface area contributed by atoms with E-state index in [4.69, 9.17) is 10.5 Å². The van der Waals surface area contributed by atoms with Gasteiger partial charge in [-0.15, -0.1) is 0 Å². The molecule has 2 atom stereocenters. The van der Waals surface area contributed by atoms with Crippen LogP contribution in [0.3, 0.4) is 0 Å². The number of aromatic nitrogens is 2. The summed E-state index contributed by atoms with van der Waals surface area (Å²) in [6, 6.07) is 8.48. The molecule has 4 rings (SSSR count). The predicted molar refractivity (Wildman–Crippen MR) is 133 cm³/mol. The quantitative estimate of drug-likeness (QED) is 0.732. The summed E-state index contributed by atoms with van der Waals surface area (Å²) in [5.74, 6) is 0. The van der Waals surface area contributed by atoms with Gasteiger partial charge in [-0.05, 0) is 70.7 Å². The van der Waals surface area contributed by atoms with Crippen LogP contribution >= 0.6 is 0 Å². The second-order valence-electron chi connectivity index (χ2n) is 9.70. The molecule has 0 unspecified atom stereocenters. The Hall–Kier alpha value is -2.87. The Bertz CT molecular complexity index is 843. The van der Waals surface area contributed by atoms with Crippen LogP contribution in [0.1, 0.15) is 46.5 Å². The van der Waals surface area contributed by atoms with Crippen molar-refractivity contribution in [2.75, 3.05) is 36.0 Å². The van der Waals surface area contributed by atoms with Crippen molar-refractivity contribution in [1.82, 2.24) is 15.3 Å². The Morgan fingerprint density at radius 2 is 1.58 bits per heavy atom. The predicted octanol–water partition coefficient (Wildman–Crippen LogP) is 3.58. The van der Waals surface area contributed by atoms with Crippen molar-refractivity contribution in [3.8, 4) is 0 Å². The highest BCUT2D eigenvalue weighted by molar-refractivity contribution is 5.68. The molecule has 180 valence electrons. The van der Waals surface area contributed by atoms with Crippen LogP contribution in [0.5, 0.6) is 0 Å². The van der Waals surface area contributed by atoms with Gasteiger partial charge >= 0.3 is 6.09 Å². The van der Waals surface area contributed by atoms with E-state index in [9.17, 15) is 4.79 Å². The molecule has 0 aliphatic carbocycles. The molecule has 0 saturated carbocycles. The van der Waals surface area contributed by atoms with Crippen LogP contribution < -0.4 is 20.9 Å². The Kier molecular flexibility index (Phi) is 8.88. The lowest BCUT2D eigenvalue weighted by Crippen LogP contribution is -2.49. The van der Waals surface area contributed by atoms with Crippen molar-refractivity contribution in [3.05, 3.63) is 49.1 Å². The number of anilines is 2. The Labute approximate surface area is 197 Å². The van der Waals surface area contributed by atoms with E-state index < -0.39 is 5.60 Å². The molecule has 4 heterocycles. The lowest BCUT2D eigenvalue weighted by molar-refractivity contribution is 0.0500. The molecule has 0 spiro atoms. The van der Waals surface area contributed by atoms with Crippen LogP contribution in [-0.2, 0) is 4.74 Å². The number of piperidine rings is 2. The Morgan fingerprint density at radius 3 is 2.09 bits per heavy atom. The van der Waals surface area contributed by atoms with Crippen molar-refractivity contribution in [1.29, 1.82) is 0 Å². The Morgan fingerprint density at radius 1 is 1.00 bits per heavy atom. The van der Waals surface area contributed by atoms with Gasteiger partial charge in [-0.1, -0.05) is 0 Å². The van der Waals surface area contributed by atoms with Gasteiger partial charge in [0.05, 0.1) is 23.8 Å². The number of ether oxygens (including phenoxy) is 1. The van der Waals surface area contributed by atoms with Gasteiger partial charge in [0.25, 0.3) is 0 Å². The fourth-order valence-electron chi connectivity index (χ4n) is 4.13. The molecule has 0 radical (unpaired) electrons. The second-order valence-corrected chi connectivity index (χ2v) is 9.70. The summed E-state index contributed by atoms with van der Waals surface area (Å²) in [7, 11) is 0. The summed E-state index contributed by atoms with van der Waals surface area (Å²) < 4.78 is 5.30. The normalized spacial score (nSPS) is 21.0. The fourth-order valence-corrected chi connectivity index (χ4v) is 4.13. The van der Waals surface area contributed by atoms with E-state index in [2.05, 4.69) is 31.2 Å². The van der Waals surface area contributed by atoms with E-state index in [-0.39, 0.29) is 12.1 Å². The van der Waals surface area contributed by atoms with Crippen LogP contribution in [0.25, 0.3) is 0 Å². The molecule has 1 amide bonds. The van der Waals surface area contributed by atoms with E-state index in [1.807, 2.05) is 51.4 Å². The maximum Gasteiger partial charge on any atom is 0.407 e. The minimum absolute atomic E-state index is 0.124. The first-order chi connectivity index (χ1) is 15.8. The fraction of sp³-hybridized carbons (Fsp3) is 0.560. The lowest BCUT2D eigenvalue weighted by Gasteiger charge is -2.34. The molecule has 8 heteroatoms. The van der Waals surface area contributed by atoms with Crippen LogP contribution in [0, 0.1) is 0 Å². The zero-order valence-corrected chi connectivity index (χ0v) is 20.1. The number of pyridine rings is 2. The van der Waals surface area contributed by atoms with Crippen molar-refractivity contribution in [2.24, 2.45) is 5.73 Å². The van der Waals surface area contributed by atoms with Crippen LogP contribution in [-0.4, -0.2) is 59.9 Å². The topological polar surface area (TPSA) is 96.6 Å². The van der Waals surface area contributed by atoms with Gasteiger partial charge in [0.1, 0.15) is 5.60 Å². The average molecular weight is 455 g/mol. The maximum absolute atomic E-state index is 11.8. The molecule has 33 heavy (non-hydrogen) atoms. The van der Waals surface area contributed by atoms with Crippen LogP contribution in [0.4, 0.5) is 16.2 Å². The zero-order chi connectivity index (χ0) is 23.7. The molecule has 2 aliphatic rings. The molecule has 3 N–H and O–H groups in total. The summed E-state index contributed by atoms with van der Waals surface area (Å²) in [5, 5.41) is 2.95. The molecular weight excluding hydrogens is 416 g/mol. The summed E-state index contributed by atoms with van der Waals surface area (Å²) in [4.78, 5) is 24.6. The first kappa shape index (κ1) is 24.8. The van der Waals surface area contributed by atoms with Gasteiger partial charge in [0, 0.05) is 50.7 Å². The molecule has 2 aromatic rings. The molecule has 0 bridgehead atoms. The summed E-state index contributed by atoms with van der Waals surface area (Å²) >= 11 is 0. The monoisotopic (exact) mass is 454 g/mol. The Balaban J connectivity index is 0.000000203. The highest BCUT2D eigenvalue weighted by atomic mass is 16.6. The first-order valence-electron chi connectivity index (χ1n) is 11.9. The number of hydrogen-bond donors (Lipinski definition) is 2. The number of nitrogens with one attached hydrogen (secondary N) is 1. The standard InChI is InChI=1S/C15H23N3O2.C10H15N3/c1-15(2,3)20-14(19)17-12-6-5-9-18(11-12)13-7-4-8-16-10-13;11-9-3-2-6-13(8-9)10-4-1-5-12-7-10/h4,7-8,10,12H,5-6,9,11H2,1-3H3,(H,17,19);1,4-5,7,9H,2-3,6,8,11H2/t12-;9-/m00/s1. The summed E-state index contributed by atoms with van der Waals surface area (Å²) in [6.07, 6.45) is 11.4. The number of carbonyl (C=O) groups is 1. The van der Waals surface area contributed by atoms with Crippen molar-refractivity contribution in [3.63, 3.8) is 0 Å². The number of nitrogens with zero attached hydrogens (tertiary/aromatic N) is 4. The smallest absolute Gasteiger partial charge is 0.407 e. The van der Waals surface area contributed by atoms with Gasteiger partial charge in [-0.25, -0.2) is 4.79 Å². The lowest BCUT2D eigenvalue weighted by atomic mass is 10.1. The second kappa shape index (κ2) is 11.8. The molecule has 2 fully saturated rings. The highest BCUT2D eigenvalue weighted by Gasteiger charge is 2.24. The first-order valence-corrected chi connectivity index (χ1v) is 11.9. The third-order valence-corrected chi connectivity index (χ3v) is 5.62. The van der Waals surface area contributed by atoms with Gasteiger partial charge in [-0.3, -0.25) is 9.97 Å². The molecule has 8 nitrogen and oxygen atoms in total. The SMILES string of the molecule is CC(C)(C)OC(=O)N[C@H]1CCCN(c2cccnc2)C1.N[C@H]1CCCN(c2cccnc2)C1. The summed E-state index contributed by atoms with van der Waals surface area (Å²) in [6.45, 7) is 9.48. The largest absolute Gasteiger partial charge is 0.444 e. The van der Waals surface area contributed by atoms with E-state index in [0.29, 0.717) is 6.04 Å². The highest BCUT2D eigenvalue weighted by Crippen LogP contribution is 2.19. The van der Waals surface area contributed by atoms with E-state index in [1.165, 1.54) is 12.1 Å². The molecule has 2 aliphatic heterocycles. The minimum atomic E-state index is -0.457. The number of rotatable bonds is 3. The van der Waals surface area contributed by atoms with E-state index in [1.54, 1.807) is 12.4 Å². The third kappa shape index (κ3) is 8.53. The number of amides is 1. The van der Waals surface area contributed by atoms with E-state index in [0.717, 1.165) is 51.1 Å². The van der Waals surface area contributed by atoms with Crippen molar-refractivity contribution < 1.29 is 9.53 Å². The van der Waals surface area contributed by atoms with Crippen LogP contribution in [0.15, 0.2) is 49.1 Å². The molecule has 2 saturated heterocycles. The maximum atomic E-state index is 11.8. The van der Waals surface area contributed by atoms with Gasteiger partial charge in [0.15, 0.2) is 0 Å². The van der Waals surface area contributed by atoms with Gasteiger partial charge in [-0.2, -0.15) is 0 Å². The third-order valence-electron chi connectivity index (χ3n) is 5.62. The zero-order valence-electron chi connectivity index (χ0n) is 20.1. The minimum Gasteiger partial charge on any atom is -0.444 e. The molecule has 2 aromatic heterocycles. The van der Waals surface area contributed by atoms with Crippen molar-refractivity contribution >= 4 is 17.5 Å². The number of carbonyl (C=O) groups excluding carboxylic acids is 1. The number of alkyl carbamates (subject to hydrolysis) is 1. The van der Waals surface area contributed by atoms with Gasteiger partial charge < -0.3 is 25.6 Å². The number of hydrogen-bond acceptors (Lipinski definition) is 7. The van der Waals surface area contributed by atoms with Crippen molar-refractivity contribution in [2.45, 2.75) is 64.1 Å². The average Bonchev–Trinajstić information content (AvgIpc) is 2.80.